The minimum Gasteiger partial charge on any atom is -0.232 e. The molecule has 0 aliphatic carbocycles. The zero-order chi connectivity index (χ0) is 33.7. The maximum Gasteiger partial charge on any atom is 0.435 e. The molecule has 6 aromatic rings. The lowest BCUT2D eigenvalue weighted by atomic mass is 9.83. The summed E-state index contributed by atoms with van der Waals surface area (Å²) in [4.78, 5) is 9.67. The predicted molar refractivity (Wildman–Crippen MR) is 165 cm³/mol. The summed E-state index contributed by atoms with van der Waals surface area (Å²) in [5.74, 6) is 0.349. The maximum atomic E-state index is 13.5. The molecule has 0 radical (unpaired) electrons. The highest BCUT2D eigenvalue weighted by atomic mass is 19.4. The fourth-order valence-electron chi connectivity index (χ4n) is 5.18. The lowest BCUT2D eigenvalue weighted by Crippen LogP contribution is -2.24. The van der Waals surface area contributed by atoms with Crippen molar-refractivity contribution in [3.05, 3.63) is 131 Å². The molecule has 0 amide bonds. The van der Waals surface area contributed by atoms with E-state index in [1.807, 2.05) is 76.2 Å². The maximum absolute atomic E-state index is 13.5. The largest absolute Gasteiger partial charge is 0.435 e. The number of aromatic nitrogens is 6. The van der Waals surface area contributed by atoms with Gasteiger partial charge in [-0.3, -0.25) is 0 Å². The Hall–Kier alpha value is -5.26. The van der Waals surface area contributed by atoms with Crippen molar-refractivity contribution in [2.24, 2.45) is 0 Å². The summed E-state index contributed by atoms with van der Waals surface area (Å²) in [5, 5.41) is 7.58. The number of benzene rings is 2. The topological polar surface area (TPSA) is 61.4 Å². The average Bonchev–Trinajstić information content (AvgIpc) is 3.73. The Morgan fingerprint density at radius 1 is 0.468 bits per heavy atom. The van der Waals surface area contributed by atoms with Crippen LogP contribution in [-0.2, 0) is 17.8 Å². The molecule has 240 valence electrons. The summed E-state index contributed by atoms with van der Waals surface area (Å²) in [6.07, 6.45) is -6.88. The molecule has 0 bridgehead atoms. The van der Waals surface area contributed by atoms with Crippen LogP contribution in [0.3, 0.4) is 0 Å². The molecule has 0 saturated carbocycles. The number of rotatable bonds is 6. The van der Waals surface area contributed by atoms with Gasteiger partial charge in [-0.15, -0.1) is 0 Å². The van der Waals surface area contributed by atoms with Gasteiger partial charge in [-0.1, -0.05) is 59.7 Å². The average molecular weight is 647 g/mol. The van der Waals surface area contributed by atoms with Crippen molar-refractivity contribution in [1.29, 1.82) is 0 Å². The van der Waals surface area contributed by atoms with Crippen molar-refractivity contribution in [2.75, 3.05) is 0 Å². The number of alkyl halides is 6. The molecular formula is C35H28F6N6. The van der Waals surface area contributed by atoms with Crippen LogP contribution in [0.1, 0.15) is 47.8 Å². The van der Waals surface area contributed by atoms with Gasteiger partial charge in [-0.25, -0.2) is 19.3 Å². The molecule has 0 atom stereocenters. The highest BCUT2D eigenvalue weighted by molar-refractivity contribution is 5.73. The second-order valence-electron chi connectivity index (χ2n) is 11.8. The summed E-state index contributed by atoms with van der Waals surface area (Å²) in [7, 11) is 0. The van der Waals surface area contributed by atoms with Gasteiger partial charge in [0.05, 0.1) is 11.4 Å². The van der Waals surface area contributed by atoms with E-state index in [1.165, 1.54) is 12.4 Å². The van der Waals surface area contributed by atoms with Crippen molar-refractivity contribution in [3.8, 4) is 33.9 Å². The standard InChI is InChI=1S/C35H28F6N6/c1-21-5-9-23(10-6-21)25-13-15-27(42-31(25)46-19-17-29(44-46)34(36,37)38)33(3,4)28-16-14-26(24-11-7-22(2)8-12-24)32(43-28)47-20-18-30(45-47)35(39,40)41/h5-20H,1-4H3. The van der Waals surface area contributed by atoms with E-state index in [2.05, 4.69) is 10.2 Å². The van der Waals surface area contributed by atoms with Crippen LogP contribution in [0.4, 0.5) is 26.3 Å². The summed E-state index contributed by atoms with van der Waals surface area (Å²) < 4.78 is 83.3. The number of hydrogen-bond donors (Lipinski definition) is 0. The molecular weight excluding hydrogens is 618 g/mol. The van der Waals surface area contributed by atoms with Crippen LogP contribution in [-0.4, -0.2) is 29.5 Å². The van der Waals surface area contributed by atoms with Gasteiger partial charge in [0.15, 0.2) is 23.0 Å². The molecule has 0 N–H and O–H groups in total. The fourth-order valence-corrected chi connectivity index (χ4v) is 5.18. The monoisotopic (exact) mass is 646 g/mol. The highest BCUT2D eigenvalue weighted by Gasteiger charge is 2.36. The van der Waals surface area contributed by atoms with Crippen molar-refractivity contribution in [2.45, 2.75) is 45.5 Å². The smallest absolute Gasteiger partial charge is 0.232 e. The quantitative estimate of drug-likeness (QED) is 0.169. The van der Waals surface area contributed by atoms with E-state index in [1.54, 1.807) is 24.3 Å². The van der Waals surface area contributed by atoms with E-state index in [9.17, 15) is 26.3 Å². The van der Waals surface area contributed by atoms with Crippen LogP contribution < -0.4 is 0 Å². The molecule has 0 aliphatic rings. The predicted octanol–water partition coefficient (Wildman–Crippen LogP) is 9.16. The Morgan fingerprint density at radius 2 is 0.830 bits per heavy atom. The molecule has 6 rings (SSSR count). The lowest BCUT2D eigenvalue weighted by molar-refractivity contribution is -0.142. The minimum atomic E-state index is -4.65. The number of pyridine rings is 2. The molecule has 4 heterocycles. The van der Waals surface area contributed by atoms with Crippen LogP contribution in [0, 0.1) is 13.8 Å². The second kappa shape index (κ2) is 11.5. The molecule has 0 spiro atoms. The lowest BCUT2D eigenvalue weighted by Gasteiger charge is -2.26. The summed E-state index contributed by atoms with van der Waals surface area (Å²) in [5.41, 5.74) is 2.40. The van der Waals surface area contributed by atoms with Crippen molar-refractivity contribution < 1.29 is 26.3 Å². The SMILES string of the molecule is Cc1ccc(-c2ccc(C(C)(C)c3ccc(-c4ccc(C)cc4)c(-n4ccc(C(F)(F)F)n4)n3)nc2-n2ccc(C(F)(F)F)n2)cc1. The molecule has 0 aliphatic heterocycles. The van der Waals surface area contributed by atoms with E-state index in [0.29, 0.717) is 22.5 Å². The molecule has 47 heavy (non-hydrogen) atoms. The first kappa shape index (κ1) is 31.7. The number of aryl methyl sites for hydroxylation is 2. The van der Waals surface area contributed by atoms with E-state index < -0.39 is 29.2 Å². The van der Waals surface area contributed by atoms with Gasteiger partial charge in [-0.2, -0.15) is 36.5 Å². The van der Waals surface area contributed by atoms with Crippen molar-refractivity contribution >= 4 is 0 Å². The summed E-state index contributed by atoms with van der Waals surface area (Å²) in [6, 6.07) is 23.8. The Balaban J connectivity index is 1.50. The van der Waals surface area contributed by atoms with Gasteiger partial charge in [0.25, 0.3) is 0 Å². The van der Waals surface area contributed by atoms with E-state index in [0.717, 1.165) is 43.8 Å². The Kier molecular flexibility index (Phi) is 7.77. The minimum absolute atomic E-state index is 0.174. The van der Waals surface area contributed by atoms with Crippen LogP contribution >= 0.6 is 0 Å². The van der Waals surface area contributed by atoms with Crippen molar-refractivity contribution in [3.63, 3.8) is 0 Å². The zero-order valence-corrected chi connectivity index (χ0v) is 25.7. The number of nitrogens with zero attached hydrogens (tertiary/aromatic N) is 6. The molecule has 2 aromatic carbocycles. The summed E-state index contributed by atoms with van der Waals surface area (Å²) >= 11 is 0. The first-order valence-corrected chi connectivity index (χ1v) is 14.5. The molecule has 4 aromatic heterocycles. The van der Waals surface area contributed by atoms with Crippen LogP contribution in [0.2, 0.25) is 0 Å². The van der Waals surface area contributed by atoms with Crippen LogP contribution in [0.5, 0.6) is 0 Å². The van der Waals surface area contributed by atoms with E-state index in [-0.39, 0.29) is 11.6 Å². The fraction of sp³-hybridized carbons (Fsp3) is 0.200. The Bertz CT molecular complexity index is 1910. The molecule has 0 fully saturated rings. The molecule has 0 saturated heterocycles. The number of halogens is 6. The zero-order valence-electron chi connectivity index (χ0n) is 25.7. The third-order valence-corrected chi connectivity index (χ3v) is 7.95. The van der Waals surface area contributed by atoms with Crippen LogP contribution in [0.15, 0.2) is 97.3 Å². The van der Waals surface area contributed by atoms with Gasteiger partial charge in [0, 0.05) is 28.9 Å². The van der Waals surface area contributed by atoms with Gasteiger partial charge in [-0.05, 0) is 75.2 Å². The van der Waals surface area contributed by atoms with Crippen molar-refractivity contribution in [1.82, 2.24) is 29.5 Å². The van der Waals surface area contributed by atoms with E-state index in [4.69, 9.17) is 9.97 Å². The highest BCUT2D eigenvalue weighted by Crippen LogP contribution is 2.37. The first-order chi connectivity index (χ1) is 22.1. The summed E-state index contributed by atoms with van der Waals surface area (Å²) in [6.45, 7) is 7.51. The van der Waals surface area contributed by atoms with E-state index >= 15 is 0 Å². The molecule has 12 heteroatoms. The van der Waals surface area contributed by atoms with Crippen LogP contribution in [0.25, 0.3) is 33.9 Å². The third-order valence-electron chi connectivity index (χ3n) is 7.95. The molecule has 6 nitrogen and oxygen atoms in total. The van der Waals surface area contributed by atoms with Gasteiger partial charge >= 0.3 is 12.4 Å². The number of hydrogen-bond acceptors (Lipinski definition) is 4. The Labute approximate surface area is 266 Å². The normalized spacial score (nSPS) is 12.5. The third kappa shape index (κ3) is 6.27. The van der Waals surface area contributed by atoms with Gasteiger partial charge in [0.2, 0.25) is 0 Å². The second-order valence-corrected chi connectivity index (χ2v) is 11.8. The van der Waals surface area contributed by atoms with Gasteiger partial charge in [0.1, 0.15) is 0 Å². The molecule has 0 unspecified atom stereocenters. The Morgan fingerprint density at radius 3 is 1.15 bits per heavy atom. The first-order valence-electron chi connectivity index (χ1n) is 14.5. The van der Waals surface area contributed by atoms with Gasteiger partial charge < -0.3 is 0 Å².